The van der Waals surface area contributed by atoms with Crippen LogP contribution in [-0.2, 0) is 4.74 Å². The standard InChI is InChI=1S/C11H11NO2.ClH/c1-14-11(13)10-6-4-9(5-7-10)3-2-8-12;/h4-7H,8,12H2,1H3;1H. The van der Waals surface area contributed by atoms with E-state index < -0.39 is 0 Å². The minimum absolute atomic E-state index is 0. The first-order valence-electron chi connectivity index (χ1n) is 4.15. The Kier molecular flexibility index (Phi) is 6.19. The fourth-order valence-corrected chi connectivity index (χ4v) is 0.961. The van der Waals surface area contributed by atoms with Crippen LogP contribution < -0.4 is 5.73 Å². The number of halogens is 1. The Morgan fingerprint density at radius 3 is 2.47 bits per heavy atom. The number of carbonyl (C=O) groups excluding carboxylic acids is 1. The van der Waals surface area contributed by atoms with Gasteiger partial charge in [0.2, 0.25) is 0 Å². The predicted molar refractivity (Wildman–Crippen MR) is 61.0 cm³/mol. The number of benzene rings is 1. The molecule has 15 heavy (non-hydrogen) atoms. The Labute approximate surface area is 95.0 Å². The van der Waals surface area contributed by atoms with Crippen molar-refractivity contribution >= 4 is 18.4 Å². The molecule has 0 atom stereocenters. The lowest BCUT2D eigenvalue weighted by molar-refractivity contribution is 0.0601. The molecule has 0 amide bonds. The van der Waals surface area contributed by atoms with Crippen molar-refractivity contribution in [2.45, 2.75) is 0 Å². The van der Waals surface area contributed by atoms with Gasteiger partial charge in [0.25, 0.3) is 0 Å². The molecular weight excluding hydrogens is 214 g/mol. The monoisotopic (exact) mass is 225 g/mol. The van der Waals surface area contributed by atoms with E-state index in [4.69, 9.17) is 5.73 Å². The van der Waals surface area contributed by atoms with Gasteiger partial charge >= 0.3 is 5.97 Å². The van der Waals surface area contributed by atoms with Gasteiger partial charge in [-0.1, -0.05) is 11.8 Å². The van der Waals surface area contributed by atoms with Gasteiger partial charge in [0.1, 0.15) is 0 Å². The Bertz CT molecular complexity index is 376. The van der Waals surface area contributed by atoms with Gasteiger partial charge in [0, 0.05) is 5.56 Å². The number of methoxy groups -OCH3 is 1. The number of rotatable bonds is 1. The second kappa shape index (κ2) is 6.88. The van der Waals surface area contributed by atoms with Crippen molar-refractivity contribution in [3.63, 3.8) is 0 Å². The van der Waals surface area contributed by atoms with Gasteiger partial charge in [-0.2, -0.15) is 0 Å². The van der Waals surface area contributed by atoms with Crippen molar-refractivity contribution in [2.75, 3.05) is 13.7 Å². The summed E-state index contributed by atoms with van der Waals surface area (Å²) in [4.78, 5) is 11.1. The molecule has 0 saturated heterocycles. The zero-order valence-corrected chi connectivity index (χ0v) is 9.14. The van der Waals surface area contributed by atoms with Crippen LogP contribution in [0.3, 0.4) is 0 Å². The van der Waals surface area contributed by atoms with Crippen molar-refractivity contribution in [1.29, 1.82) is 0 Å². The summed E-state index contributed by atoms with van der Waals surface area (Å²) in [5.74, 6) is 5.25. The number of hydrogen-bond acceptors (Lipinski definition) is 3. The highest BCUT2D eigenvalue weighted by atomic mass is 35.5. The van der Waals surface area contributed by atoms with Crippen LogP contribution in [0.5, 0.6) is 0 Å². The van der Waals surface area contributed by atoms with Crippen LogP contribution in [0.15, 0.2) is 24.3 Å². The zero-order valence-electron chi connectivity index (χ0n) is 8.32. The molecule has 4 heteroatoms. The molecule has 80 valence electrons. The summed E-state index contributed by atoms with van der Waals surface area (Å²) in [5, 5.41) is 0. The summed E-state index contributed by atoms with van der Waals surface area (Å²) in [6, 6.07) is 6.86. The molecule has 1 rings (SSSR count). The maximum Gasteiger partial charge on any atom is 0.337 e. The number of esters is 1. The topological polar surface area (TPSA) is 52.3 Å². The van der Waals surface area contributed by atoms with Crippen LogP contribution in [0.4, 0.5) is 0 Å². The van der Waals surface area contributed by atoms with E-state index in [0.29, 0.717) is 12.1 Å². The van der Waals surface area contributed by atoms with E-state index in [1.807, 2.05) is 0 Å². The third-order valence-corrected chi connectivity index (χ3v) is 1.64. The fraction of sp³-hybridized carbons (Fsp3) is 0.182. The van der Waals surface area contributed by atoms with Gasteiger partial charge in [-0.3, -0.25) is 0 Å². The van der Waals surface area contributed by atoms with E-state index in [9.17, 15) is 4.79 Å². The molecule has 0 fully saturated rings. The Balaban J connectivity index is 0.00000196. The maximum atomic E-state index is 11.1. The number of ether oxygens (including phenoxy) is 1. The fourth-order valence-electron chi connectivity index (χ4n) is 0.961. The molecule has 0 aliphatic carbocycles. The molecule has 0 aromatic heterocycles. The largest absolute Gasteiger partial charge is 0.465 e. The molecule has 0 saturated carbocycles. The van der Waals surface area contributed by atoms with Gasteiger partial charge in [0.15, 0.2) is 0 Å². The van der Waals surface area contributed by atoms with Crippen molar-refractivity contribution in [1.82, 2.24) is 0 Å². The van der Waals surface area contributed by atoms with Crippen LogP contribution in [0.2, 0.25) is 0 Å². The number of nitrogens with two attached hydrogens (primary N) is 1. The maximum absolute atomic E-state index is 11.1. The molecule has 0 aliphatic rings. The summed E-state index contributed by atoms with van der Waals surface area (Å²) >= 11 is 0. The van der Waals surface area contributed by atoms with Gasteiger partial charge < -0.3 is 10.5 Å². The minimum atomic E-state index is -0.344. The lowest BCUT2D eigenvalue weighted by atomic mass is 10.1. The highest BCUT2D eigenvalue weighted by molar-refractivity contribution is 5.89. The molecule has 1 aromatic rings. The first-order chi connectivity index (χ1) is 6.77. The molecule has 2 N–H and O–H groups in total. The smallest absolute Gasteiger partial charge is 0.337 e. The number of hydrogen-bond donors (Lipinski definition) is 1. The second-order valence-corrected chi connectivity index (χ2v) is 2.57. The van der Waals surface area contributed by atoms with E-state index in [1.54, 1.807) is 24.3 Å². The van der Waals surface area contributed by atoms with Crippen LogP contribution in [0.1, 0.15) is 15.9 Å². The molecular formula is C11H12ClNO2. The van der Waals surface area contributed by atoms with Crippen LogP contribution in [-0.4, -0.2) is 19.6 Å². The van der Waals surface area contributed by atoms with Crippen molar-refractivity contribution in [2.24, 2.45) is 5.73 Å². The predicted octanol–water partition coefficient (Wildman–Crippen LogP) is 1.21. The first kappa shape index (κ1) is 13.5. The summed E-state index contributed by atoms with van der Waals surface area (Å²) < 4.78 is 4.56. The van der Waals surface area contributed by atoms with Crippen LogP contribution >= 0.6 is 12.4 Å². The Morgan fingerprint density at radius 1 is 1.40 bits per heavy atom. The normalized spacial score (nSPS) is 8.13. The molecule has 0 radical (unpaired) electrons. The highest BCUT2D eigenvalue weighted by Crippen LogP contribution is 2.04. The summed E-state index contributed by atoms with van der Waals surface area (Å²) in [5.41, 5.74) is 6.58. The van der Waals surface area contributed by atoms with Gasteiger partial charge in [0.05, 0.1) is 19.2 Å². The van der Waals surface area contributed by atoms with E-state index in [1.165, 1.54) is 7.11 Å². The molecule has 0 unspecified atom stereocenters. The minimum Gasteiger partial charge on any atom is -0.465 e. The lowest BCUT2D eigenvalue weighted by Gasteiger charge is -1.97. The van der Waals surface area contributed by atoms with Crippen molar-refractivity contribution in [3.05, 3.63) is 35.4 Å². The zero-order chi connectivity index (χ0) is 10.4. The lowest BCUT2D eigenvalue weighted by Crippen LogP contribution is -2.00. The van der Waals surface area contributed by atoms with Crippen LogP contribution in [0.25, 0.3) is 0 Å². The highest BCUT2D eigenvalue weighted by Gasteiger charge is 2.02. The number of carbonyl (C=O) groups is 1. The average Bonchev–Trinajstić information content (AvgIpc) is 2.26. The molecule has 0 aliphatic heterocycles. The Morgan fingerprint density at radius 2 is 2.00 bits per heavy atom. The third-order valence-electron chi connectivity index (χ3n) is 1.64. The van der Waals surface area contributed by atoms with Gasteiger partial charge in [-0.05, 0) is 24.3 Å². The van der Waals surface area contributed by atoms with E-state index in [0.717, 1.165) is 5.56 Å². The Hall–Kier alpha value is -1.50. The average molecular weight is 226 g/mol. The molecule has 3 nitrogen and oxygen atoms in total. The SMILES string of the molecule is COC(=O)c1ccc(C#CCN)cc1.Cl. The summed E-state index contributed by atoms with van der Waals surface area (Å²) in [6.07, 6.45) is 0. The first-order valence-corrected chi connectivity index (χ1v) is 4.15. The van der Waals surface area contributed by atoms with Crippen molar-refractivity contribution in [3.8, 4) is 11.8 Å². The van der Waals surface area contributed by atoms with Gasteiger partial charge in [-0.25, -0.2) is 4.79 Å². The molecule has 0 bridgehead atoms. The summed E-state index contributed by atoms with van der Waals surface area (Å²) in [7, 11) is 1.35. The quantitative estimate of drug-likeness (QED) is 0.577. The summed E-state index contributed by atoms with van der Waals surface area (Å²) in [6.45, 7) is 0.332. The van der Waals surface area contributed by atoms with E-state index in [-0.39, 0.29) is 18.4 Å². The van der Waals surface area contributed by atoms with Gasteiger partial charge in [-0.15, -0.1) is 12.4 Å². The van der Waals surface area contributed by atoms with E-state index in [2.05, 4.69) is 16.6 Å². The van der Waals surface area contributed by atoms with Crippen molar-refractivity contribution < 1.29 is 9.53 Å². The molecule has 0 spiro atoms. The van der Waals surface area contributed by atoms with E-state index >= 15 is 0 Å². The third kappa shape index (κ3) is 4.03. The second-order valence-electron chi connectivity index (χ2n) is 2.57. The molecule has 0 heterocycles. The van der Waals surface area contributed by atoms with Crippen LogP contribution in [0, 0.1) is 11.8 Å². The molecule has 1 aromatic carbocycles.